The molecule has 0 spiro atoms. The molecule has 0 heterocycles. The Balaban J connectivity index is 1.62. The number of methoxy groups -OCH3 is 1. The maximum Gasteiger partial charge on any atom is 0.308 e. The summed E-state index contributed by atoms with van der Waals surface area (Å²) in [5.74, 6) is 2.22. The Morgan fingerprint density at radius 1 is 1.00 bits per heavy atom. The lowest BCUT2D eigenvalue weighted by Gasteiger charge is -2.18. The number of benzene rings is 2. The molecule has 0 unspecified atom stereocenters. The molecule has 2 aromatic carbocycles. The van der Waals surface area contributed by atoms with E-state index in [0.29, 0.717) is 48.4 Å². The molecule has 0 aliphatic heterocycles. The van der Waals surface area contributed by atoms with E-state index in [9.17, 15) is 9.59 Å². The van der Waals surface area contributed by atoms with Gasteiger partial charge in [0.1, 0.15) is 23.0 Å². The molecule has 0 radical (unpaired) electrons. The second-order valence-corrected chi connectivity index (χ2v) is 8.26. The van der Waals surface area contributed by atoms with Gasteiger partial charge in [-0.2, -0.15) is 0 Å². The van der Waals surface area contributed by atoms with Gasteiger partial charge in [0.2, 0.25) is 0 Å². The molecule has 1 aliphatic rings. The fourth-order valence-corrected chi connectivity index (χ4v) is 3.83. The van der Waals surface area contributed by atoms with Crippen molar-refractivity contribution in [2.75, 3.05) is 20.3 Å². The normalized spacial score (nSPS) is 12.8. The Kier molecular flexibility index (Phi) is 8.58. The van der Waals surface area contributed by atoms with E-state index in [0.717, 1.165) is 36.1 Å². The van der Waals surface area contributed by atoms with Gasteiger partial charge in [-0.1, -0.05) is 19.4 Å². The highest BCUT2D eigenvalue weighted by atomic mass is 16.5. The van der Waals surface area contributed by atoms with Crippen LogP contribution in [-0.4, -0.2) is 32.2 Å². The minimum atomic E-state index is -0.511. The molecule has 1 aliphatic carbocycles. The van der Waals surface area contributed by atoms with Crippen molar-refractivity contribution in [1.82, 2.24) is 0 Å². The molecule has 0 atom stereocenters. The van der Waals surface area contributed by atoms with Crippen LogP contribution in [0.25, 0.3) is 0 Å². The first-order valence-electron chi connectivity index (χ1n) is 11.5. The van der Waals surface area contributed by atoms with Crippen LogP contribution in [0.15, 0.2) is 30.3 Å². The first-order valence-corrected chi connectivity index (χ1v) is 11.5. The van der Waals surface area contributed by atoms with Gasteiger partial charge in [-0.15, -0.1) is 0 Å². The summed E-state index contributed by atoms with van der Waals surface area (Å²) in [6.45, 7) is 4.36. The predicted molar refractivity (Wildman–Crippen MR) is 125 cm³/mol. The van der Waals surface area contributed by atoms with E-state index in [1.54, 1.807) is 25.3 Å². The monoisotopic (exact) mass is 455 g/mol. The molecule has 178 valence electrons. The quantitative estimate of drug-likeness (QED) is 0.272. The zero-order chi connectivity index (χ0) is 23.8. The number of hydrogen-bond donors (Lipinski definition) is 1. The predicted octanol–water partition coefficient (Wildman–Crippen LogP) is 4.47. The lowest BCUT2D eigenvalue weighted by atomic mass is 10.0. The second kappa shape index (κ2) is 11.6. The zero-order valence-corrected chi connectivity index (χ0v) is 19.6. The first-order chi connectivity index (χ1) is 15.9. The molecule has 3 rings (SSSR count). The average molecular weight is 456 g/mol. The molecule has 0 bridgehead atoms. The Labute approximate surface area is 195 Å². The van der Waals surface area contributed by atoms with Gasteiger partial charge >= 0.3 is 5.97 Å². The molecule has 0 aromatic heterocycles. The highest BCUT2D eigenvalue weighted by molar-refractivity contribution is 5.96. The first kappa shape index (κ1) is 24.4. The molecule has 1 amide bonds. The highest BCUT2D eigenvalue weighted by Crippen LogP contribution is 2.40. The van der Waals surface area contributed by atoms with Crippen molar-refractivity contribution in [2.24, 2.45) is 11.7 Å². The van der Waals surface area contributed by atoms with Crippen LogP contribution in [0.4, 0.5) is 0 Å². The maximum absolute atomic E-state index is 11.8. The Morgan fingerprint density at radius 3 is 2.24 bits per heavy atom. The molecule has 1 fully saturated rings. The third-order valence-corrected chi connectivity index (χ3v) is 5.52. The van der Waals surface area contributed by atoms with Crippen LogP contribution in [0.1, 0.15) is 61.0 Å². The van der Waals surface area contributed by atoms with E-state index in [-0.39, 0.29) is 5.97 Å². The number of primary amides is 1. The molecular formula is C26H33NO6. The van der Waals surface area contributed by atoms with Crippen LogP contribution < -0.4 is 24.7 Å². The highest BCUT2D eigenvalue weighted by Gasteiger charge is 2.27. The summed E-state index contributed by atoms with van der Waals surface area (Å²) in [6.07, 6.45) is 5.47. The topological polar surface area (TPSA) is 97.1 Å². The lowest BCUT2D eigenvalue weighted by molar-refractivity contribution is -0.131. The molecule has 0 saturated heterocycles. The van der Waals surface area contributed by atoms with E-state index < -0.39 is 5.91 Å². The van der Waals surface area contributed by atoms with Crippen LogP contribution in [0.2, 0.25) is 0 Å². The Hall–Kier alpha value is -3.22. The summed E-state index contributed by atoms with van der Waals surface area (Å²) in [5, 5.41) is 0. The number of ether oxygens (including phenoxy) is 4. The molecule has 33 heavy (non-hydrogen) atoms. The largest absolute Gasteiger partial charge is 0.495 e. The van der Waals surface area contributed by atoms with E-state index in [1.807, 2.05) is 12.1 Å². The van der Waals surface area contributed by atoms with Gasteiger partial charge in [0, 0.05) is 24.5 Å². The summed E-state index contributed by atoms with van der Waals surface area (Å²) in [7, 11) is 1.55. The SMILES string of the molecule is CCCc1c(OCCCOc2ccc(C(N)=O)c(OC)c2CC2CC2)cccc1OC(C)=O. The molecule has 2 N–H and O–H groups in total. The number of hydrogen-bond acceptors (Lipinski definition) is 6. The zero-order valence-electron chi connectivity index (χ0n) is 19.6. The van der Waals surface area contributed by atoms with Crippen molar-refractivity contribution >= 4 is 11.9 Å². The number of carbonyl (C=O) groups is 2. The van der Waals surface area contributed by atoms with E-state index in [1.165, 1.54) is 19.8 Å². The van der Waals surface area contributed by atoms with Crippen molar-refractivity contribution in [3.05, 3.63) is 47.0 Å². The summed E-state index contributed by atoms with van der Waals surface area (Å²) >= 11 is 0. The van der Waals surface area contributed by atoms with Crippen LogP contribution >= 0.6 is 0 Å². The number of nitrogens with two attached hydrogens (primary N) is 1. The van der Waals surface area contributed by atoms with Gasteiger partial charge in [0.15, 0.2) is 0 Å². The summed E-state index contributed by atoms with van der Waals surface area (Å²) in [4.78, 5) is 23.2. The van der Waals surface area contributed by atoms with Crippen molar-refractivity contribution in [2.45, 2.75) is 52.4 Å². The fraction of sp³-hybridized carbons (Fsp3) is 0.462. The molecule has 1 saturated carbocycles. The van der Waals surface area contributed by atoms with Gasteiger partial charge < -0.3 is 24.7 Å². The number of amides is 1. The van der Waals surface area contributed by atoms with E-state index >= 15 is 0 Å². The van der Waals surface area contributed by atoms with Gasteiger partial charge in [-0.3, -0.25) is 9.59 Å². The number of esters is 1. The van der Waals surface area contributed by atoms with E-state index in [4.69, 9.17) is 24.7 Å². The van der Waals surface area contributed by atoms with Crippen molar-refractivity contribution in [3.63, 3.8) is 0 Å². The summed E-state index contributed by atoms with van der Waals surface area (Å²) in [5.41, 5.74) is 7.69. The van der Waals surface area contributed by atoms with Gasteiger partial charge in [0.05, 0.1) is 25.9 Å². The third-order valence-electron chi connectivity index (χ3n) is 5.52. The Morgan fingerprint density at radius 2 is 1.67 bits per heavy atom. The second-order valence-electron chi connectivity index (χ2n) is 8.26. The van der Waals surface area contributed by atoms with Crippen molar-refractivity contribution in [3.8, 4) is 23.0 Å². The average Bonchev–Trinajstić information content (AvgIpc) is 3.59. The van der Waals surface area contributed by atoms with Crippen LogP contribution in [0, 0.1) is 5.92 Å². The molecule has 7 nitrogen and oxygen atoms in total. The van der Waals surface area contributed by atoms with E-state index in [2.05, 4.69) is 6.92 Å². The third kappa shape index (κ3) is 6.63. The molecule has 2 aromatic rings. The minimum absolute atomic E-state index is 0.349. The van der Waals surface area contributed by atoms with Crippen LogP contribution in [0.3, 0.4) is 0 Å². The smallest absolute Gasteiger partial charge is 0.308 e. The lowest BCUT2D eigenvalue weighted by Crippen LogP contribution is -2.15. The maximum atomic E-state index is 11.8. The number of carbonyl (C=O) groups excluding carboxylic acids is 2. The Bertz CT molecular complexity index is 983. The van der Waals surface area contributed by atoms with Gasteiger partial charge in [-0.05, 0) is 55.9 Å². The minimum Gasteiger partial charge on any atom is -0.495 e. The van der Waals surface area contributed by atoms with Crippen LogP contribution in [0.5, 0.6) is 23.0 Å². The fourth-order valence-electron chi connectivity index (χ4n) is 3.83. The standard InChI is InChI=1S/C26H33NO6/c1-4-7-19-22(8-5-9-24(19)33-17(2)28)31-14-6-15-32-23-13-12-20(26(27)29)25(30-3)21(23)16-18-10-11-18/h5,8-9,12-13,18H,4,6-7,10-11,14-16H2,1-3H3,(H2,27,29). The van der Waals surface area contributed by atoms with Gasteiger partial charge in [0.25, 0.3) is 5.91 Å². The summed E-state index contributed by atoms with van der Waals surface area (Å²) < 4.78 is 22.9. The van der Waals surface area contributed by atoms with Crippen LogP contribution in [-0.2, 0) is 17.6 Å². The van der Waals surface area contributed by atoms with Crippen molar-refractivity contribution in [1.29, 1.82) is 0 Å². The molecule has 7 heteroatoms. The van der Waals surface area contributed by atoms with Gasteiger partial charge in [-0.25, -0.2) is 0 Å². The van der Waals surface area contributed by atoms with Crippen molar-refractivity contribution < 1.29 is 28.5 Å². The summed E-state index contributed by atoms with van der Waals surface area (Å²) in [6, 6.07) is 8.94. The number of rotatable bonds is 13. The molecular weight excluding hydrogens is 422 g/mol.